The summed E-state index contributed by atoms with van der Waals surface area (Å²) in [6.07, 6.45) is 3.03. The van der Waals surface area contributed by atoms with Crippen LogP contribution in [0.4, 0.5) is 0 Å². The normalized spacial score (nSPS) is 11.1. The molecule has 7 heteroatoms. The molecule has 16 heavy (non-hydrogen) atoms. The van der Waals surface area contributed by atoms with E-state index < -0.39 is 0 Å². The summed E-state index contributed by atoms with van der Waals surface area (Å²) in [7, 11) is 0. The van der Waals surface area contributed by atoms with Gasteiger partial charge in [-0.3, -0.25) is 4.98 Å². The maximum atomic E-state index is 11.4. The van der Waals surface area contributed by atoms with Crippen LogP contribution in [0.25, 0.3) is 16.1 Å². The van der Waals surface area contributed by atoms with Crippen LogP contribution in [-0.4, -0.2) is 19.6 Å². The molecule has 0 aliphatic heterocycles. The van der Waals surface area contributed by atoms with E-state index in [1.807, 2.05) is 12.1 Å². The molecule has 0 saturated heterocycles. The first kappa shape index (κ1) is 9.73. The van der Waals surface area contributed by atoms with Crippen LogP contribution in [-0.2, 0) is 0 Å². The lowest BCUT2D eigenvalue weighted by Gasteiger charge is -1.92. The molecule has 3 heterocycles. The van der Waals surface area contributed by atoms with Gasteiger partial charge in [0.25, 0.3) is 0 Å². The number of thiophene rings is 1. The third-order valence-corrected chi connectivity index (χ3v) is 3.81. The van der Waals surface area contributed by atoms with E-state index in [0.29, 0.717) is 5.65 Å². The molecule has 0 bridgehead atoms. The van der Waals surface area contributed by atoms with Crippen LogP contribution in [0, 0.1) is 0 Å². The Labute approximate surface area is 102 Å². The average Bonchev–Trinajstić information content (AvgIpc) is 2.84. The molecule has 0 aliphatic carbocycles. The van der Waals surface area contributed by atoms with Gasteiger partial charge in [-0.2, -0.15) is 9.61 Å². The number of nitrogens with one attached hydrogen (secondary N) is 1. The molecule has 0 atom stereocenters. The van der Waals surface area contributed by atoms with E-state index in [1.165, 1.54) is 10.8 Å². The molecule has 0 fully saturated rings. The highest BCUT2D eigenvalue weighted by atomic mass is 79.9. The Morgan fingerprint density at radius 2 is 2.31 bits per heavy atom. The van der Waals surface area contributed by atoms with Crippen molar-refractivity contribution in [3.8, 4) is 10.4 Å². The SMILES string of the molecule is O=c1[nH]cnc2c(-c3ccc(Br)s3)cnn12. The minimum Gasteiger partial charge on any atom is -0.296 e. The molecule has 1 N–H and O–H groups in total. The Kier molecular flexibility index (Phi) is 2.15. The van der Waals surface area contributed by atoms with Gasteiger partial charge in [0.1, 0.15) is 0 Å². The highest BCUT2D eigenvalue weighted by Gasteiger charge is 2.10. The zero-order valence-corrected chi connectivity index (χ0v) is 10.2. The van der Waals surface area contributed by atoms with Crippen LogP contribution in [0.5, 0.6) is 0 Å². The van der Waals surface area contributed by atoms with Crippen molar-refractivity contribution in [2.45, 2.75) is 0 Å². The van der Waals surface area contributed by atoms with Crippen molar-refractivity contribution in [2.75, 3.05) is 0 Å². The van der Waals surface area contributed by atoms with Gasteiger partial charge in [-0.25, -0.2) is 9.78 Å². The van der Waals surface area contributed by atoms with Gasteiger partial charge < -0.3 is 0 Å². The third kappa shape index (κ3) is 1.40. The summed E-state index contributed by atoms with van der Waals surface area (Å²) in [6, 6.07) is 3.92. The molecule has 0 amide bonds. The monoisotopic (exact) mass is 296 g/mol. The van der Waals surface area contributed by atoms with Crippen molar-refractivity contribution >= 4 is 32.9 Å². The van der Waals surface area contributed by atoms with Crippen molar-refractivity contribution in [3.63, 3.8) is 0 Å². The fourth-order valence-corrected chi connectivity index (χ4v) is 2.85. The van der Waals surface area contributed by atoms with Crippen molar-refractivity contribution in [2.24, 2.45) is 0 Å². The minimum atomic E-state index is -0.285. The molecule has 3 aromatic rings. The quantitative estimate of drug-likeness (QED) is 0.746. The zero-order chi connectivity index (χ0) is 11.1. The predicted octanol–water partition coefficient (Wildman–Crippen LogP) is 1.91. The smallest absolute Gasteiger partial charge is 0.296 e. The largest absolute Gasteiger partial charge is 0.349 e. The third-order valence-electron chi connectivity index (χ3n) is 2.15. The summed E-state index contributed by atoms with van der Waals surface area (Å²) in [5.41, 5.74) is 1.15. The van der Waals surface area contributed by atoms with E-state index >= 15 is 0 Å². The molecule has 3 aromatic heterocycles. The number of hydrogen-bond acceptors (Lipinski definition) is 4. The lowest BCUT2D eigenvalue weighted by molar-refractivity contribution is 0.840. The van der Waals surface area contributed by atoms with E-state index in [0.717, 1.165) is 14.2 Å². The second kappa shape index (κ2) is 3.53. The second-order valence-corrected chi connectivity index (χ2v) is 5.57. The Bertz CT molecular complexity index is 713. The lowest BCUT2D eigenvalue weighted by atomic mass is 10.3. The summed E-state index contributed by atoms with van der Waals surface area (Å²) in [4.78, 5) is 19.1. The summed E-state index contributed by atoms with van der Waals surface area (Å²) in [6.45, 7) is 0. The Morgan fingerprint density at radius 3 is 3.06 bits per heavy atom. The van der Waals surface area contributed by atoms with Crippen molar-refractivity contribution < 1.29 is 0 Å². The summed E-state index contributed by atoms with van der Waals surface area (Å²) >= 11 is 4.98. The average molecular weight is 297 g/mol. The van der Waals surface area contributed by atoms with Gasteiger partial charge in [0.05, 0.1) is 21.9 Å². The van der Waals surface area contributed by atoms with Crippen LogP contribution < -0.4 is 5.69 Å². The molecule has 0 unspecified atom stereocenters. The number of H-pyrrole nitrogens is 1. The number of hydrogen-bond donors (Lipinski definition) is 1. The first-order valence-electron chi connectivity index (χ1n) is 4.43. The minimum absolute atomic E-state index is 0.285. The van der Waals surface area contributed by atoms with Gasteiger partial charge in [-0.05, 0) is 28.1 Å². The van der Waals surface area contributed by atoms with Crippen molar-refractivity contribution in [1.29, 1.82) is 0 Å². The Hall–Kier alpha value is -1.47. The maximum Gasteiger partial charge on any atom is 0.349 e. The standard InChI is InChI=1S/C9H5BrN4OS/c10-7-2-1-6(16-7)5-3-13-14-8(5)11-4-12-9(14)15/h1-4H,(H,11,12,15). The van der Waals surface area contributed by atoms with Gasteiger partial charge in [0.15, 0.2) is 5.65 Å². The molecule has 0 aromatic carbocycles. The number of aromatic nitrogens is 4. The molecular formula is C9H5BrN4OS. The molecule has 0 saturated carbocycles. The molecule has 5 nitrogen and oxygen atoms in total. The highest BCUT2D eigenvalue weighted by Crippen LogP contribution is 2.32. The molecule has 3 rings (SSSR count). The predicted molar refractivity (Wildman–Crippen MR) is 64.6 cm³/mol. The van der Waals surface area contributed by atoms with E-state index in [9.17, 15) is 4.79 Å². The van der Waals surface area contributed by atoms with Gasteiger partial charge in [0.2, 0.25) is 0 Å². The molecule has 0 aliphatic rings. The highest BCUT2D eigenvalue weighted by molar-refractivity contribution is 9.11. The van der Waals surface area contributed by atoms with Crippen LogP contribution in [0.2, 0.25) is 0 Å². The summed E-state index contributed by atoms with van der Waals surface area (Å²) in [5, 5.41) is 4.01. The topological polar surface area (TPSA) is 63.0 Å². The van der Waals surface area contributed by atoms with E-state index in [1.54, 1.807) is 17.5 Å². The van der Waals surface area contributed by atoms with Gasteiger partial charge in [-0.1, -0.05) is 0 Å². The first-order valence-corrected chi connectivity index (χ1v) is 6.04. The summed E-state index contributed by atoms with van der Waals surface area (Å²) in [5.74, 6) is 0. The van der Waals surface area contributed by atoms with Gasteiger partial charge >= 0.3 is 5.69 Å². The first-order chi connectivity index (χ1) is 7.75. The fourth-order valence-electron chi connectivity index (χ4n) is 1.46. The van der Waals surface area contributed by atoms with Crippen molar-refractivity contribution in [1.82, 2.24) is 19.6 Å². The fraction of sp³-hybridized carbons (Fsp3) is 0. The van der Waals surface area contributed by atoms with Crippen LogP contribution in [0.3, 0.4) is 0 Å². The molecular weight excluding hydrogens is 292 g/mol. The van der Waals surface area contributed by atoms with E-state index in [4.69, 9.17) is 0 Å². The molecule has 0 radical (unpaired) electrons. The number of aromatic amines is 1. The van der Waals surface area contributed by atoms with Crippen molar-refractivity contribution in [3.05, 3.63) is 38.9 Å². The number of fused-ring (bicyclic) bond motifs is 1. The Morgan fingerprint density at radius 1 is 1.44 bits per heavy atom. The second-order valence-electron chi connectivity index (χ2n) is 3.11. The maximum absolute atomic E-state index is 11.4. The van der Waals surface area contributed by atoms with Crippen LogP contribution >= 0.6 is 27.3 Å². The number of nitrogens with zero attached hydrogens (tertiary/aromatic N) is 3. The Balaban J connectivity index is 2.33. The molecule has 80 valence electrons. The number of rotatable bonds is 1. The molecule has 0 spiro atoms. The number of halogens is 1. The summed E-state index contributed by atoms with van der Waals surface area (Å²) < 4.78 is 2.29. The van der Waals surface area contributed by atoms with E-state index in [-0.39, 0.29) is 5.69 Å². The van der Waals surface area contributed by atoms with Crippen LogP contribution in [0.15, 0.2) is 33.2 Å². The zero-order valence-electron chi connectivity index (χ0n) is 7.85. The van der Waals surface area contributed by atoms with Gasteiger partial charge in [-0.15, -0.1) is 11.3 Å². The van der Waals surface area contributed by atoms with Crippen LogP contribution in [0.1, 0.15) is 0 Å². The van der Waals surface area contributed by atoms with E-state index in [2.05, 4.69) is 31.0 Å². The van der Waals surface area contributed by atoms with Gasteiger partial charge in [0, 0.05) is 4.88 Å². The lowest BCUT2D eigenvalue weighted by Crippen LogP contribution is -2.17.